The molecular formula is C15H16N4O. The minimum Gasteiger partial charge on any atom is -0.497 e. The Kier molecular flexibility index (Phi) is 2.95. The monoisotopic (exact) mass is 268 g/mol. The van der Waals surface area contributed by atoms with Crippen LogP contribution in [0.25, 0.3) is 10.9 Å². The molecule has 0 atom stereocenters. The maximum Gasteiger partial charge on any atom is 0.120 e. The molecule has 0 amide bonds. The minimum atomic E-state index is 0.712. The normalized spacial score (nSPS) is 10.7. The number of nitrogens with zero attached hydrogens (tertiary/aromatic N) is 2. The number of fused-ring (bicyclic) bond motifs is 1. The summed E-state index contributed by atoms with van der Waals surface area (Å²) in [7, 11) is 3.63. The number of hydrogen-bond donors (Lipinski definition) is 2. The first-order valence-corrected chi connectivity index (χ1v) is 6.29. The highest BCUT2D eigenvalue weighted by Gasteiger charge is 2.10. The van der Waals surface area contributed by atoms with E-state index >= 15 is 0 Å². The number of nitrogens with one attached hydrogen (secondary N) is 1. The molecule has 0 aliphatic heterocycles. The zero-order chi connectivity index (χ0) is 14.1. The van der Waals surface area contributed by atoms with Crippen molar-refractivity contribution in [3.63, 3.8) is 0 Å². The van der Waals surface area contributed by atoms with Gasteiger partial charge in [-0.1, -0.05) is 6.07 Å². The van der Waals surface area contributed by atoms with Crippen molar-refractivity contribution in [1.82, 2.24) is 10.2 Å². The van der Waals surface area contributed by atoms with E-state index in [0.29, 0.717) is 5.69 Å². The highest BCUT2D eigenvalue weighted by atomic mass is 16.5. The summed E-state index contributed by atoms with van der Waals surface area (Å²) in [6, 6.07) is 11.8. The Hall–Kier alpha value is -2.69. The Balaban J connectivity index is 2.06. The second kappa shape index (κ2) is 4.77. The summed E-state index contributed by atoms with van der Waals surface area (Å²) in [5.74, 6) is 0.815. The first-order chi connectivity index (χ1) is 9.69. The van der Waals surface area contributed by atoms with Crippen LogP contribution in [-0.2, 0) is 0 Å². The standard InChI is InChI=1S/C15H16N4O/c1-19(11-4-3-5-12(7-11)20-2)15-8-14-10(6-13(15)16)9-17-18-14/h3-9H,16H2,1-2H3,(H,17,18). The van der Waals surface area contributed by atoms with E-state index in [1.54, 1.807) is 13.3 Å². The Bertz CT molecular complexity index is 750. The second-order valence-corrected chi connectivity index (χ2v) is 4.63. The predicted octanol–water partition coefficient (Wildman–Crippen LogP) is 2.92. The lowest BCUT2D eigenvalue weighted by atomic mass is 10.1. The molecule has 3 aromatic rings. The highest BCUT2D eigenvalue weighted by Crippen LogP contribution is 2.33. The molecule has 5 nitrogen and oxygen atoms in total. The molecular weight excluding hydrogens is 252 g/mol. The number of aromatic nitrogens is 2. The summed E-state index contributed by atoms with van der Waals surface area (Å²) in [4.78, 5) is 2.03. The van der Waals surface area contributed by atoms with Crippen LogP contribution in [0, 0.1) is 0 Å². The van der Waals surface area contributed by atoms with Gasteiger partial charge in [0.2, 0.25) is 0 Å². The number of rotatable bonds is 3. The smallest absolute Gasteiger partial charge is 0.120 e. The van der Waals surface area contributed by atoms with Gasteiger partial charge in [0.1, 0.15) is 5.75 Å². The third-order valence-electron chi connectivity index (χ3n) is 3.39. The maximum atomic E-state index is 6.14. The van der Waals surface area contributed by atoms with Gasteiger partial charge in [0.15, 0.2) is 0 Å². The van der Waals surface area contributed by atoms with Crippen molar-refractivity contribution in [3.8, 4) is 5.75 Å². The number of aromatic amines is 1. The van der Waals surface area contributed by atoms with Crippen LogP contribution in [-0.4, -0.2) is 24.4 Å². The maximum absolute atomic E-state index is 6.14. The summed E-state index contributed by atoms with van der Waals surface area (Å²) in [6.45, 7) is 0. The van der Waals surface area contributed by atoms with Crippen LogP contribution in [0.15, 0.2) is 42.6 Å². The number of nitrogen functional groups attached to an aromatic ring is 1. The van der Waals surface area contributed by atoms with E-state index in [4.69, 9.17) is 10.5 Å². The topological polar surface area (TPSA) is 67.2 Å². The molecule has 0 radical (unpaired) electrons. The van der Waals surface area contributed by atoms with Crippen molar-refractivity contribution in [3.05, 3.63) is 42.6 Å². The average molecular weight is 268 g/mol. The van der Waals surface area contributed by atoms with Crippen LogP contribution in [0.4, 0.5) is 17.1 Å². The van der Waals surface area contributed by atoms with Crippen molar-refractivity contribution in [2.45, 2.75) is 0 Å². The molecule has 0 aliphatic carbocycles. The van der Waals surface area contributed by atoms with Crippen LogP contribution in [0.1, 0.15) is 0 Å². The van der Waals surface area contributed by atoms with E-state index in [9.17, 15) is 0 Å². The summed E-state index contributed by atoms with van der Waals surface area (Å²) in [5, 5.41) is 7.99. The molecule has 102 valence electrons. The van der Waals surface area contributed by atoms with Crippen molar-refractivity contribution in [2.24, 2.45) is 0 Å². The van der Waals surface area contributed by atoms with Crippen molar-refractivity contribution < 1.29 is 4.74 Å². The lowest BCUT2D eigenvalue weighted by Crippen LogP contribution is -2.11. The van der Waals surface area contributed by atoms with E-state index in [2.05, 4.69) is 10.2 Å². The summed E-state index contributed by atoms with van der Waals surface area (Å²) in [5.41, 5.74) is 9.75. The quantitative estimate of drug-likeness (QED) is 0.717. The van der Waals surface area contributed by atoms with Gasteiger partial charge in [-0.15, -0.1) is 0 Å². The van der Waals surface area contributed by atoms with Crippen LogP contribution in [0.5, 0.6) is 5.75 Å². The number of benzene rings is 2. The zero-order valence-electron chi connectivity index (χ0n) is 11.4. The van der Waals surface area contributed by atoms with Crippen LogP contribution < -0.4 is 15.4 Å². The molecule has 0 aliphatic rings. The number of methoxy groups -OCH3 is 1. The summed E-state index contributed by atoms with van der Waals surface area (Å²) >= 11 is 0. The molecule has 1 aromatic heterocycles. The fourth-order valence-electron chi connectivity index (χ4n) is 2.25. The number of anilines is 3. The van der Waals surface area contributed by atoms with Crippen LogP contribution in [0.3, 0.4) is 0 Å². The van der Waals surface area contributed by atoms with E-state index in [1.165, 1.54) is 0 Å². The third kappa shape index (κ3) is 2.03. The average Bonchev–Trinajstić information content (AvgIpc) is 2.92. The van der Waals surface area contributed by atoms with Gasteiger partial charge in [0.05, 0.1) is 30.2 Å². The van der Waals surface area contributed by atoms with E-state index in [1.807, 2.05) is 48.3 Å². The fourth-order valence-corrected chi connectivity index (χ4v) is 2.25. The van der Waals surface area contributed by atoms with Gasteiger partial charge < -0.3 is 15.4 Å². The first-order valence-electron chi connectivity index (χ1n) is 6.29. The predicted molar refractivity (Wildman–Crippen MR) is 81.6 cm³/mol. The first kappa shape index (κ1) is 12.3. The number of hydrogen-bond acceptors (Lipinski definition) is 4. The van der Waals surface area contributed by atoms with Crippen LogP contribution >= 0.6 is 0 Å². The second-order valence-electron chi connectivity index (χ2n) is 4.63. The SMILES string of the molecule is COc1cccc(N(C)c2cc3[nH]ncc3cc2N)c1. The van der Waals surface area contributed by atoms with Gasteiger partial charge in [-0.05, 0) is 24.3 Å². The van der Waals surface area contributed by atoms with E-state index < -0.39 is 0 Å². The van der Waals surface area contributed by atoms with Crippen molar-refractivity contribution in [1.29, 1.82) is 0 Å². The summed E-state index contributed by atoms with van der Waals surface area (Å²) < 4.78 is 5.25. The zero-order valence-corrected chi connectivity index (χ0v) is 11.4. The molecule has 0 saturated heterocycles. The molecule has 0 fully saturated rings. The van der Waals surface area contributed by atoms with Gasteiger partial charge in [0.25, 0.3) is 0 Å². The minimum absolute atomic E-state index is 0.712. The molecule has 3 N–H and O–H groups in total. The third-order valence-corrected chi connectivity index (χ3v) is 3.39. The Labute approximate surface area is 117 Å². The van der Waals surface area contributed by atoms with E-state index in [-0.39, 0.29) is 0 Å². The Morgan fingerprint density at radius 3 is 2.90 bits per heavy atom. The van der Waals surface area contributed by atoms with Gasteiger partial charge in [-0.3, -0.25) is 5.10 Å². The van der Waals surface area contributed by atoms with E-state index in [0.717, 1.165) is 28.0 Å². The lowest BCUT2D eigenvalue weighted by Gasteiger charge is -2.21. The Morgan fingerprint density at radius 2 is 2.10 bits per heavy atom. The molecule has 3 rings (SSSR count). The molecule has 0 spiro atoms. The molecule has 5 heteroatoms. The van der Waals surface area contributed by atoms with Crippen molar-refractivity contribution in [2.75, 3.05) is 24.8 Å². The van der Waals surface area contributed by atoms with Gasteiger partial charge in [-0.2, -0.15) is 5.10 Å². The molecule has 0 saturated carbocycles. The van der Waals surface area contributed by atoms with Crippen LogP contribution in [0.2, 0.25) is 0 Å². The van der Waals surface area contributed by atoms with Gasteiger partial charge in [0, 0.05) is 24.2 Å². The molecule has 1 heterocycles. The lowest BCUT2D eigenvalue weighted by molar-refractivity contribution is 0.415. The molecule has 0 bridgehead atoms. The molecule has 20 heavy (non-hydrogen) atoms. The number of ether oxygens (including phenoxy) is 1. The number of H-pyrrole nitrogens is 1. The Morgan fingerprint density at radius 1 is 1.25 bits per heavy atom. The van der Waals surface area contributed by atoms with Gasteiger partial charge >= 0.3 is 0 Å². The fraction of sp³-hybridized carbons (Fsp3) is 0.133. The highest BCUT2D eigenvalue weighted by molar-refractivity contribution is 5.90. The largest absolute Gasteiger partial charge is 0.497 e. The molecule has 2 aromatic carbocycles. The summed E-state index contributed by atoms with van der Waals surface area (Å²) in [6.07, 6.45) is 1.76. The van der Waals surface area contributed by atoms with Crippen molar-refractivity contribution >= 4 is 28.0 Å². The number of nitrogens with two attached hydrogens (primary N) is 1. The van der Waals surface area contributed by atoms with Gasteiger partial charge in [-0.25, -0.2) is 0 Å². The molecule has 0 unspecified atom stereocenters.